The first-order valence-electron chi connectivity index (χ1n) is 7.55. The number of fused-ring (bicyclic) bond motifs is 1. The number of likely N-dealkylation sites (N-methyl/N-ethyl adjacent to an activating group) is 1. The Hall–Kier alpha value is -1.32. The Bertz CT molecular complexity index is 626. The van der Waals surface area contributed by atoms with Gasteiger partial charge in [0.05, 0.1) is 17.1 Å². The summed E-state index contributed by atoms with van der Waals surface area (Å²) in [7, 11) is 4.29. The van der Waals surface area contributed by atoms with Gasteiger partial charge in [-0.05, 0) is 39.1 Å². The second kappa shape index (κ2) is 6.20. The van der Waals surface area contributed by atoms with E-state index in [0.29, 0.717) is 11.9 Å². The molecule has 1 saturated heterocycles. The highest BCUT2D eigenvalue weighted by molar-refractivity contribution is 6.17. The van der Waals surface area contributed by atoms with Gasteiger partial charge in [0.15, 0.2) is 0 Å². The van der Waals surface area contributed by atoms with Crippen LogP contribution >= 0.6 is 11.6 Å². The average Bonchev–Trinajstić information content (AvgIpc) is 2.93. The van der Waals surface area contributed by atoms with E-state index < -0.39 is 0 Å². The van der Waals surface area contributed by atoms with Crippen LogP contribution in [-0.4, -0.2) is 43.1 Å². The molecular weight excluding hydrogens is 282 g/mol. The minimum absolute atomic E-state index is 0.462. The number of anilines is 1. The number of rotatable bonds is 4. The summed E-state index contributed by atoms with van der Waals surface area (Å²) in [5, 5.41) is 1.23. The first-order valence-corrected chi connectivity index (χ1v) is 8.08. The van der Waals surface area contributed by atoms with Crippen molar-refractivity contribution in [3.8, 4) is 0 Å². The summed E-state index contributed by atoms with van der Waals surface area (Å²) in [5.41, 5.74) is 3.29. The predicted molar refractivity (Wildman–Crippen MR) is 90.2 cm³/mol. The molecule has 1 fully saturated rings. The SMILES string of the molecule is CN(C)CC1CCCN1c1cc(CCl)nc2ccccc12. The van der Waals surface area contributed by atoms with E-state index in [1.807, 2.05) is 6.07 Å². The van der Waals surface area contributed by atoms with Gasteiger partial charge in [-0.3, -0.25) is 4.98 Å². The molecule has 0 spiro atoms. The summed E-state index contributed by atoms with van der Waals surface area (Å²) in [6.07, 6.45) is 2.51. The van der Waals surface area contributed by atoms with Gasteiger partial charge in [-0.1, -0.05) is 18.2 Å². The number of para-hydroxylation sites is 1. The highest BCUT2D eigenvalue weighted by Gasteiger charge is 2.26. The molecule has 112 valence electrons. The number of benzene rings is 1. The van der Waals surface area contributed by atoms with Crippen LogP contribution in [0.3, 0.4) is 0 Å². The van der Waals surface area contributed by atoms with Crippen molar-refractivity contribution in [1.82, 2.24) is 9.88 Å². The molecule has 0 N–H and O–H groups in total. The van der Waals surface area contributed by atoms with Crippen LogP contribution in [0.25, 0.3) is 10.9 Å². The lowest BCUT2D eigenvalue weighted by Gasteiger charge is -2.30. The van der Waals surface area contributed by atoms with Gasteiger partial charge in [0, 0.05) is 30.2 Å². The Balaban J connectivity index is 2.05. The van der Waals surface area contributed by atoms with Crippen molar-refractivity contribution in [1.29, 1.82) is 0 Å². The molecule has 1 aromatic heterocycles. The van der Waals surface area contributed by atoms with Crippen LogP contribution in [-0.2, 0) is 5.88 Å². The zero-order chi connectivity index (χ0) is 14.8. The van der Waals surface area contributed by atoms with Crippen LogP contribution in [0.5, 0.6) is 0 Å². The lowest BCUT2D eigenvalue weighted by molar-refractivity contribution is 0.372. The van der Waals surface area contributed by atoms with Gasteiger partial charge in [-0.15, -0.1) is 11.6 Å². The third-order valence-corrected chi connectivity index (χ3v) is 4.42. The van der Waals surface area contributed by atoms with E-state index in [-0.39, 0.29) is 0 Å². The van der Waals surface area contributed by atoms with Gasteiger partial charge < -0.3 is 9.80 Å². The van der Waals surface area contributed by atoms with Gasteiger partial charge in [-0.25, -0.2) is 0 Å². The molecule has 21 heavy (non-hydrogen) atoms. The molecule has 0 aliphatic carbocycles. The van der Waals surface area contributed by atoms with Crippen molar-refractivity contribution >= 4 is 28.2 Å². The maximum atomic E-state index is 6.04. The first kappa shape index (κ1) is 14.6. The predicted octanol–water partition coefficient (Wildman–Crippen LogP) is 3.50. The number of hydrogen-bond donors (Lipinski definition) is 0. The molecule has 1 unspecified atom stereocenters. The Morgan fingerprint density at radius 1 is 1.33 bits per heavy atom. The van der Waals surface area contributed by atoms with E-state index in [1.54, 1.807) is 0 Å². The van der Waals surface area contributed by atoms with Gasteiger partial charge in [-0.2, -0.15) is 0 Å². The minimum atomic E-state index is 0.462. The van der Waals surface area contributed by atoms with Crippen LogP contribution in [0, 0.1) is 0 Å². The quantitative estimate of drug-likeness (QED) is 0.806. The topological polar surface area (TPSA) is 19.4 Å². The molecule has 1 aliphatic heterocycles. The van der Waals surface area contributed by atoms with Crippen LogP contribution < -0.4 is 4.90 Å². The number of alkyl halides is 1. The molecule has 1 atom stereocenters. The fraction of sp³-hybridized carbons (Fsp3) is 0.471. The van der Waals surface area contributed by atoms with Crippen molar-refractivity contribution in [2.45, 2.75) is 24.8 Å². The van der Waals surface area contributed by atoms with Crippen molar-refractivity contribution in [3.63, 3.8) is 0 Å². The summed E-state index contributed by atoms with van der Waals surface area (Å²) < 4.78 is 0. The van der Waals surface area contributed by atoms with Crippen LogP contribution in [0.1, 0.15) is 18.5 Å². The minimum Gasteiger partial charge on any atom is -0.367 e. The van der Waals surface area contributed by atoms with E-state index in [9.17, 15) is 0 Å². The van der Waals surface area contributed by atoms with Gasteiger partial charge in [0.1, 0.15) is 0 Å². The molecule has 2 aromatic rings. The Kier molecular flexibility index (Phi) is 4.32. The van der Waals surface area contributed by atoms with Crippen LogP contribution in [0.4, 0.5) is 5.69 Å². The third-order valence-electron chi connectivity index (χ3n) is 4.15. The van der Waals surface area contributed by atoms with Crippen molar-refractivity contribution in [3.05, 3.63) is 36.0 Å². The number of aromatic nitrogens is 1. The molecule has 3 nitrogen and oxygen atoms in total. The molecule has 0 saturated carbocycles. The molecule has 3 rings (SSSR count). The van der Waals surface area contributed by atoms with Gasteiger partial charge in [0.25, 0.3) is 0 Å². The van der Waals surface area contributed by atoms with E-state index in [1.165, 1.54) is 23.9 Å². The molecule has 1 aliphatic rings. The lowest BCUT2D eigenvalue weighted by Crippen LogP contribution is -2.37. The van der Waals surface area contributed by atoms with Crippen LogP contribution in [0.15, 0.2) is 30.3 Å². The number of pyridine rings is 1. The standard InChI is InChI=1S/C17H22ClN3/c1-20(2)12-14-6-5-9-21(14)17-10-13(11-18)19-16-8-4-3-7-15(16)17/h3-4,7-8,10,14H,5-6,9,11-12H2,1-2H3. The summed E-state index contributed by atoms with van der Waals surface area (Å²) in [4.78, 5) is 9.46. The Labute approximate surface area is 131 Å². The Morgan fingerprint density at radius 2 is 2.14 bits per heavy atom. The fourth-order valence-electron chi connectivity index (χ4n) is 3.28. The van der Waals surface area contributed by atoms with Crippen molar-refractivity contribution < 1.29 is 0 Å². The smallest absolute Gasteiger partial charge is 0.0726 e. The summed E-state index contributed by atoms with van der Waals surface area (Å²) in [6.45, 7) is 2.21. The van der Waals surface area contributed by atoms with E-state index >= 15 is 0 Å². The normalized spacial score (nSPS) is 18.9. The molecule has 0 amide bonds. The zero-order valence-electron chi connectivity index (χ0n) is 12.7. The van der Waals surface area contributed by atoms with Gasteiger partial charge >= 0.3 is 0 Å². The number of hydrogen-bond acceptors (Lipinski definition) is 3. The van der Waals surface area contributed by atoms with E-state index in [4.69, 9.17) is 11.6 Å². The van der Waals surface area contributed by atoms with Crippen molar-refractivity contribution in [2.75, 3.05) is 32.1 Å². The average molecular weight is 304 g/mol. The number of halogens is 1. The highest BCUT2D eigenvalue weighted by atomic mass is 35.5. The largest absolute Gasteiger partial charge is 0.367 e. The summed E-state index contributed by atoms with van der Waals surface area (Å²) in [5.74, 6) is 0.462. The maximum Gasteiger partial charge on any atom is 0.0726 e. The molecule has 0 radical (unpaired) electrons. The lowest BCUT2D eigenvalue weighted by atomic mass is 10.1. The molecular formula is C17H22ClN3. The third kappa shape index (κ3) is 2.99. The maximum absolute atomic E-state index is 6.04. The Morgan fingerprint density at radius 3 is 2.90 bits per heavy atom. The molecule has 0 bridgehead atoms. The molecule has 4 heteroatoms. The second-order valence-electron chi connectivity index (χ2n) is 6.04. The highest BCUT2D eigenvalue weighted by Crippen LogP contribution is 2.32. The monoisotopic (exact) mass is 303 g/mol. The van der Waals surface area contributed by atoms with E-state index in [0.717, 1.165) is 24.3 Å². The number of nitrogens with zero attached hydrogens (tertiary/aromatic N) is 3. The summed E-state index contributed by atoms with van der Waals surface area (Å²) in [6, 6.07) is 11.1. The van der Waals surface area contributed by atoms with Gasteiger partial charge in [0.2, 0.25) is 0 Å². The summed E-state index contributed by atoms with van der Waals surface area (Å²) >= 11 is 6.04. The van der Waals surface area contributed by atoms with Crippen LogP contribution in [0.2, 0.25) is 0 Å². The second-order valence-corrected chi connectivity index (χ2v) is 6.30. The van der Waals surface area contributed by atoms with Crippen molar-refractivity contribution in [2.24, 2.45) is 0 Å². The first-order chi connectivity index (χ1) is 10.2. The fourth-order valence-corrected chi connectivity index (χ4v) is 3.42. The zero-order valence-corrected chi connectivity index (χ0v) is 13.5. The molecule has 1 aromatic carbocycles. The molecule has 2 heterocycles. The van der Waals surface area contributed by atoms with E-state index in [2.05, 4.69) is 53.1 Å².